The van der Waals surface area contributed by atoms with Gasteiger partial charge >= 0.3 is 0 Å². The Bertz CT molecular complexity index is 927. The Balaban J connectivity index is 0.00000210. The van der Waals surface area contributed by atoms with Crippen molar-refractivity contribution in [2.75, 3.05) is 25.4 Å². The summed E-state index contributed by atoms with van der Waals surface area (Å²) in [7, 11) is -3.53. The van der Waals surface area contributed by atoms with Crippen LogP contribution in [0.3, 0.4) is 0 Å². The summed E-state index contributed by atoms with van der Waals surface area (Å²) in [6.07, 6.45) is 5.11. The number of fused-ring (bicyclic) bond motifs is 1. The van der Waals surface area contributed by atoms with Crippen molar-refractivity contribution in [2.45, 2.75) is 12.0 Å². The van der Waals surface area contributed by atoms with Crippen LogP contribution in [0.5, 0.6) is 0 Å². The number of carbonyl (C=O) groups is 1. The van der Waals surface area contributed by atoms with Gasteiger partial charge in [0.05, 0.1) is 11.3 Å². The number of carbonyl (C=O) groups excluding carboxylic acids is 1. The molecule has 0 radical (unpaired) electrons. The van der Waals surface area contributed by atoms with Gasteiger partial charge < -0.3 is 15.5 Å². The molecular formula is C18H21ClN4O3S. The summed E-state index contributed by atoms with van der Waals surface area (Å²) in [5.41, 5.74) is 7.69. The minimum Gasteiger partial charge on any atom is -0.336 e. The first-order chi connectivity index (χ1) is 12.4. The summed E-state index contributed by atoms with van der Waals surface area (Å²) in [6, 6.07) is 9.74. The van der Waals surface area contributed by atoms with Crippen molar-refractivity contribution >= 4 is 34.2 Å². The van der Waals surface area contributed by atoms with E-state index in [1.54, 1.807) is 28.2 Å². The number of hydrogen-bond donors (Lipinski definition) is 1. The highest BCUT2D eigenvalue weighted by atomic mass is 35.5. The van der Waals surface area contributed by atoms with E-state index in [9.17, 15) is 13.2 Å². The van der Waals surface area contributed by atoms with Crippen molar-refractivity contribution in [3.8, 4) is 0 Å². The maximum atomic E-state index is 13.1. The quantitative estimate of drug-likeness (QED) is 0.782. The SMILES string of the molecule is Cl.N[C@@H]1CN(C(=O)C2=CC=CN3CCS(=O)(=O)N=C23)C[C@H]1c1ccccc1. The molecule has 0 aromatic heterocycles. The molecule has 0 unspecified atom stereocenters. The van der Waals surface area contributed by atoms with Crippen LogP contribution in [0.4, 0.5) is 0 Å². The maximum absolute atomic E-state index is 13.1. The lowest BCUT2D eigenvalue weighted by atomic mass is 9.95. The first-order valence-electron chi connectivity index (χ1n) is 8.52. The summed E-state index contributed by atoms with van der Waals surface area (Å²) in [5, 5.41) is 0. The number of sulfonamides is 1. The molecule has 27 heavy (non-hydrogen) atoms. The van der Waals surface area contributed by atoms with Crippen LogP contribution in [0.1, 0.15) is 11.5 Å². The minimum absolute atomic E-state index is 0. The van der Waals surface area contributed by atoms with E-state index in [2.05, 4.69) is 4.40 Å². The molecule has 1 aromatic rings. The summed E-state index contributed by atoms with van der Waals surface area (Å²) < 4.78 is 27.6. The van der Waals surface area contributed by atoms with E-state index in [0.717, 1.165) is 5.56 Å². The second-order valence-electron chi connectivity index (χ2n) is 6.71. The van der Waals surface area contributed by atoms with Gasteiger partial charge in [-0.1, -0.05) is 30.3 Å². The molecule has 1 aromatic carbocycles. The van der Waals surface area contributed by atoms with Gasteiger partial charge in [0.25, 0.3) is 15.9 Å². The molecule has 0 aliphatic carbocycles. The molecule has 4 rings (SSSR count). The first-order valence-corrected chi connectivity index (χ1v) is 10.1. The van der Waals surface area contributed by atoms with Crippen molar-refractivity contribution in [2.24, 2.45) is 10.1 Å². The second kappa shape index (κ2) is 7.46. The highest BCUT2D eigenvalue weighted by Crippen LogP contribution is 2.28. The van der Waals surface area contributed by atoms with E-state index in [1.165, 1.54) is 0 Å². The average molecular weight is 409 g/mol. The van der Waals surface area contributed by atoms with Crippen LogP contribution in [0, 0.1) is 0 Å². The van der Waals surface area contributed by atoms with Crippen molar-refractivity contribution in [1.29, 1.82) is 0 Å². The lowest BCUT2D eigenvalue weighted by molar-refractivity contribution is -0.125. The highest BCUT2D eigenvalue weighted by Gasteiger charge is 2.38. The molecule has 1 saturated heterocycles. The summed E-state index contributed by atoms with van der Waals surface area (Å²) in [5.74, 6) is -0.00921. The predicted molar refractivity (Wildman–Crippen MR) is 106 cm³/mol. The number of halogens is 1. The normalized spacial score (nSPS) is 26.0. The Hall–Kier alpha value is -2.16. The zero-order valence-corrected chi connectivity index (χ0v) is 16.2. The molecule has 2 N–H and O–H groups in total. The van der Waals surface area contributed by atoms with Gasteiger partial charge in [0, 0.05) is 37.8 Å². The molecule has 2 atom stereocenters. The summed E-state index contributed by atoms with van der Waals surface area (Å²) in [4.78, 5) is 16.5. The number of allylic oxidation sites excluding steroid dienone is 2. The number of nitrogens with zero attached hydrogens (tertiary/aromatic N) is 3. The Labute approximate surface area is 164 Å². The predicted octanol–water partition coefficient (Wildman–Crippen LogP) is 0.859. The summed E-state index contributed by atoms with van der Waals surface area (Å²) >= 11 is 0. The zero-order chi connectivity index (χ0) is 18.3. The molecule has 3 aliphatic rings. The highest BCUT2D eigenvalue weighted by molar-refractivity contribution is 7.90. The first kappa shape index (κ1) is 19.6. The molecule has 144 valence electrons. The van der Waals surface area contributed by atoms with Gasteiger partial charge in [0.15, 0.2) is 5.84 Å². The minimum atomic E-state index is -3.53. The number of hydrogen-bond acceptors (Lipinski definition) is 5. The third kappa shape index (κ3) is 3.78. The van der Waals surface area contributed by atoms with E-state index in [0.29, 0.717) is 25.2 Å². The second-order valence-corrected chi connectivity index (χ2v) is 8.46. The Kier molecular flexibility index (Phi) is 5.41. The molecule has 0 saturated carbocycles. The largest absolute Gasteiger partial charge is 0.336 e. The number of benzene rings is 1. The Morgan fingerprint density at radius 1 is 1.19 bits per heavy atom. The standard InChI is InChI=1S/C18H20N4O3S.ClH/c19-16-12-22(11-15(16)13-5-2-1-3-6-13)18(23)14-7-4-8-21-9-10-26(24,25)20-17(14)21;/h1-8,15-16H,9-12,19H2;1H/t15-,16+;/m0./s1. The van der Waals surface area contributed by atoms with Gasteiger partial charge in [-0.3, -0.25) is 4.79 Å². The van der Waals surface area contributed by atoms with E-state index < -0.39 is 10.0 Å². The van der Waals surface area contributed by atoms with Crippen LogP contribution >= 0.6 is 12.4 Å². The molecule has 9 heteroatoms. The molecule has 3 aliphatic heterocycles. The van der Waals surface area contributed by atoms with Gasteiger partial charge in [-0.2, -0.15) is 0 Å². The molecular weight excluding hydrogens is 388 g/mol. The number of likely N-dealkylation sites (tertiary alicyclic amines) is 1. The van der Waals surface area contributed by atoms with Crippen LogP contribution in [-0.2, 0) is 14.8 Å². The fourth-order valence-corrected chi connectivity index (χ4v) is 4.59. The van der Waals surface area contributed by atoms with Crippen LogP contribution < -0.4 is 5.73 Å². The van der Waals surface area contributed by atoms with E-state index in [-0.39, 0.29) is 41.9 Å². The lowest BCUT2D eigenvalue weighted by Crippen LogP contribution is -2.43. The fourth-order valence-electron chi connectivity index (χ4n) is 3.60. The van der Waals surface area contributed by atoms with Crippen LogP contribution in [0.25, 0.3) is 0 Å². The molecule has 0 bridgehead atoms. The number of rotatable bonds is 2. The number of amides is 1. The van der Waals surface area contributed by atoms with E-state index in [4.69, 9.17) is 5.73 Å². The van der Waals surface area contributed by atoms with Gasteiger partial charge in [-0.05, 0) is 17.7 Å². The number of amidine groups is 1. The maximum Gasteiger partial charge on any atom is 0.257 e. The van der Waals surface area contributed by atoms with Gasteiger partial charge in [0.2, 0.25) is 0 Å². The number of nitrogens with two attached hydrogens (primary N) is 1. The van der Waals surface area contributed by atoms with Crippen LogP contribution in [-0.4, -0.2) is 61.4 Å². The van der Waals surface area contributed by atoms with Gasteiger partial charge in [0.1, 0.15) is 0 Å². The lowest BCUT2D eigenvalue weighted by Gasteiger charge is -2.30. The monoisotopic (exact) mass is 408 g/mol. The van der Waals surface area contributed by atoms with Crippen molar-refractivity contribution < 1.29 is 13.2 Å². The third-order valence-corrected chi connectivity index (χ3v) is 6.12. The van der Waals surface area contributed by atoms with Crippen LogP contribution in [0.15, 0.2) is 58.7 Å². The fraction of sp³-hybridized carbons (Fsp3) is 0.333. The molecule has 1 amide bonds. The van der Waals surface area contributed by atoms with E-state index in [1.807, 2.05) is 30.3 Å². The van der Waals surface area contributed by atoms with Gasteiger partial charge in [-0.25, -0.2) is 8.42 Å². The third-order valence-electron chi connectivity index (χ3n) is 4.97. The molecule has 3 heterocycles. The smallest absolute Gasteiger partial charge is 0.257 e. The summed E-state index contributed by atoms with van der Waals surface area (Å²) in [6.45, 7) is 1.24. The Morgan fingerprint density at radius 2 is 1.93 bits per heavy atom. The van der Waals surface area contributed by atoms with E-state index >= 15 is 0 Å². The van der Waals surface area contributed by atoms with Gasteiger partial charge in [-0.15, -0.1) is 16.8 Å². The molecule has 7 nitrogen and oxygen atoms in total. The topological polar surface area (TPSA) is 96.1 Å². The van der Waals surface area contributed by atoms with Crippen molar-refractivity contribution in [1.82, 2.24) is 9.80 Å². The Morgan fingerprint density at radius 3 is 2.67 bits per heavy atom. The molecule has 0 spiro atoms. The zero-order valence-electron chi connectivity index (χ0n) is 14.6. The molecule has 1 fully saturated rings. The van der Waals surface area contributed by atoms with Crippen LogP contribution in [0.2, 0.25) is 0 Å². The van der Waals surface area contributed by atoms with Crippen molar-refractivity contribution in [3.63, 3.8) is 0 Å². The van der Waals surface area contributed by atoms with Crippen molar-refractivity contribution in [3.05, 3.63) is 59.8 Å². The average Bonchev–Trinajstić information content (AvgIpc) is 3.02.